The lowest BCUT2D eigenvalue weighted by molar-refractivity contribution is -0.137. The van der Waals surface area contributed by atoms with Gasteiger partial charge in [-0.15, -0.1) is 0 Å². The predicted molar refractivity (Wildman–Crippen MR) is 104 cm³/mol. The van der Waals surface area contributed by atoms with Crippen molar-refractivity contribution in [2.45, 2.75) is 20.0 Å². The molecule has 3 heterocycles. The molecule has 0 aliphatic carbocycles. The van der Waals surface area contributed by atoms with Crippen LogP contribution in [0.5, 0.6) is 11.5 Å². The fourth-order valence-electron chi connectivity index (χ4n) is 2.95. The van der Waals surface area contributed by atoms with E-state index in [-0.39, 0.29) is 11.1 Å². The van der Waals surface area contributed by atoms with E-state index in [9.17, 15) is 13.2 Å². The first-order chi connectivity index (χ1) is 13.8. The van der Waals surface area contributed by atoms with Crippen molar-refractivity contribution in [1.29, 1.82) is 0 Å². The molecule has 0 atom stereocenters. The molecule has 0 N–H and O–H groups in total. The lowest BCUT2D eigenvalue weighted by Crippen LogP contribution is -2.04. The smallest absolute Gasteiger partial charge is 0.416 e. The number of hydrogen-bond acceptors (Lipinski definition) is 4. The predicted octanol–water partition coefficient (Wildman–Crippen LogP) is 6.12. The van der Waals surface area contributed by atoms with E-state index in [2.05, 4.69) is 15.0 Å². The maximum atomic E-state index is 13.2. The van der Waals surface area contributed by atoms with Crippen LogP contribution in [-0.4, -0.2) is 15.0 Å². The van der Waals surface area contributed by atoms with Gasteiger partial charge < -0.3 is 4.74 Å². The Morgan fingerprint density at radius 3 is 2.41 bits per heavy atom. The maximum absolute atomic E-state index is 13.2. The molecule has 0 bridgehead atoms. The van der Waals surface area contributed by atoms with Gasteiger partial charge in [-0.2, -0.15) is 13.2 Å². The summed E-state index contributed by atoms with van der Waals surface area (Å²) in [4.78, 5) is 13.1. The monoisotopic (exact) mass is 395 g/mol. The number of hydrogen-bond donors (Lipinski definition) is 0. The third-order valence-electron chi connectivity index (χ3n) is 4.59. The molecule has 146 valence electrons. The molecule has 0 fully saturated rings. The fourth-order valence-corrected chi connectivity index (χ4v) is 2.95. The number of rotatable bonds is 3. The number of halogens is 3. The third kappa shape index (κ3) is 3.76. The highest BCUT2D eigenvalue weighted by atomic mass is 19.4. The molecule has 0 aliphatic rings. The first kappa shape index (κ1) is 18.9. The van der Waals surface area contributed by atoms with Crippen LogP contribution in [0.15, 0.2) is 60.9 Å². The van der Waals surface area contributed by atoms with Crippen LogP contribution in [0.1, 0.15) is 16.8 Å². The molecule has 0 saturated heterocycles. The summed E-state index contributed by atoms with van der Waals surface area (Å²) < 4.78 is 45.6. The number of ether oxygens (including phenoxy) is 1. The van der Waals surface area contributed by atoms with Gasteiger partial charge in [-0.1, -0.05) is 6.07 Å². The van der Waals surface area contributed by atoms with E-state index >= 15 is 0 Å². The third-order valence-corrected chi connectivity index (χ3v) is 4.59. The zero-order valence-corrected chi connectivity index (χ0v) is 15.7. The van der Waals surface area contributed by atoms with Crippen molar-refractivity contribution in [3.63, 3.8) is 0 Å². The van der Waals surface area contributed by atoms with Gasteiger partial charge in [0, 0.05) is 23.5 Å². The first-order valence-electron chi connectivity index (χ1n) is 8.86. The van der Waals surface area contributed by atoms with Crippen molar-refractivity contribution < 1.29 is 17.9 Å². The van der Waals surface area contributed by atoms with Crippen molar-refractivity contribution >= 4 is 10.9 Å². The number of fused-ring (bicyclic) bond motifs is 1. The van der Waals surface area contributed by atoms with E-state index in [1.807, 2.05) is 26.0 Å². The average molecular weight is 395 g/mol. The number of aryl methyl sites for hydroxylation is 2. The van der Waals surface area contributed by atoms with Crippen LogP contribution in [0, 0.1) is 13.8 Å². The van der Waals surface area contributed by atoms with E-state index in [1.165, 1.54) is 12.3 Å². The van der Waals surface area contributed by atoms with Gasteiger partial charge in [0.2, 0.25) is 0 Å². The van der Waals surface area contributed by atoms with Gasteiger partial charge in [0.25, 0.3) is 0 Å². The summed E-state index contributed by atoms with van der Waals surface area (Å²) in [5, 5.41) is 0.271. The van der Waals surface area contributed by atoms with Crippen LogP contribution in [0.3, 0.4) is 0 Å². The summed E-state index contributed by atoms with van der Waals surface area (Å²) in [6.45, 7) is 3.77. The Bertz CT molecular complexity index is 1190. The second-order valence-corrected chi connectivity index (χ2v) is 6.59. The Hall–Kier alpha value is -3.48. The second kappa shape index (κ2) is 7.16. The Balaban J connectivity index is 1.86. The summed E-state index contributed by atoms with van der Waals surface area (Å²) in [5.74, 6) is 0.681. The largest absolute Gasteiger partial charge is 0.454 e. The molecular weight excluding hydrogens is 379 g/mol. The van der Waals surface area contributed by atoms with Crippen LogP contribution in [-0.2, 0) is 6.18 Å². The molecule has 29 heavy (non-hydrogen) atoms. The SMILES string of the molecule is Cc1cc(Oc2ccnc3ccc(C(F)(F)F)cc23)c(-c2ccccn2)nc1C. The van der Waals surface area contributed by atoms with Crippen LogP contribution >= 0.6 is 0 Å². The van der Waals surface area contributed by atoms with Gasteiger partial charge in [-0.3, -0.25) is 9.97 Å². The molecule has 0 spiro atoms. The van der Waals surface area contributed by atoms with Gasteiger partial charge in [-0.25, -0.2) is 4.98 Å². The standard InChI is InChI=1S/C22H16F3N3O/c1-13-11-20(21(28-14(13)2)18-5-3-4-9-26-18)29-19-8-10-27-17-7-6-15(12-16(17)19)22(23,24)25/h3-12H,1-2H3. The van der Waals surface area contributed by atoms with Crippen molar-refractivity contribution in [1.82, 2.24) is 15.0 Å². The molecule has 4 nitrogen and oxygen atoms in total. The molecule has 0 amide bonds. The van der Waals surface area contributed by atoms with Crippen molar-refractivity contribution in [3.05, 3.63) is 77.7 Å². The minimum atomic E-state index is -4.46. The van der Waals surface area contributed by atoms with Crippen molar-refractivity contribution in [2.24, 2.45) is 0 Å². The summed E-state index contributed by atoms with van der Waals surface area (Å²) in [5.41, 5.74) is 2.49. The second-order valence-electron chi connectivity index (χ2n) is 6.59. The van der Waals surface area contributed by atoms with Gasteiger partial charge >= 0.3 is 6.18 Å². The highest BCUT2D eigenvalue weighted by Crippen LogP contribution is 2.37. The molecular formula is C22H16F3N3O. The minimum Gasteiger partial charge on any atom is -0.454 e. The number of pyridine rings is 3. The molecule has 3 aromatic heterocycles. The van der Waals surface area contributed by atoms with Crippen LogP contribution in [0.25, 0.3) is 22.3 Å². The summed E-state index contributed by atoms with van der Waals surface area (Å²) in [7, 11) is 0. The number of alkyl halides is 3. The number of nitrogens with zero attached hydrogens (tertiary/aromatic N) is 3. The normalized spacial score (nSPS) is 11.6. The van der Waals surface area contributed by atoms with Crippen molar-refractivity contribution in [3.8, 4) is 22.9 Å². The number of benzene rings is 1. The quantitative estimate of drug-likeness (QED) is 0.419. The lowest BCUT2D eigenvalue weighted by atomic mass is 10.1. The van der Waals surface area contributed by atoms with E-state index in [1.54, 1.807) is 24.4 Å². The number of aromatic nitrogens is 3. The zero-order valence-electron chi connectivity index (χ0n) is 15.7. The zero-order chi connectivity index (χ0) is 20.6. The molecule has 7 heteroatoms. The van der Waals surface area contributed by atoms with E-state index in [0.29, 0.717) is 22.7 Å². The lowest BCUT2D eigenvalue weighted by Gasteiger charge is -2.15. The molecule has 1 aromatic carbocycles. The molecule has 0 radical (unpaired) electrons. The van der Waals surface area contributed by atoms with Crippen LogP contribution in [0.2, 0.25) is 0 Å². The van der Waals surface area contributed by atoms with Crippen LogP contribution < -0.4 is 4.74 Å². The summed E-state index contributed by atoms with van der Waals surface area (Å²) in [6, 6.07) is 12.2. The van der Waals surface area contributed by atoms with E-state index in [4.69, 9.17) is 4.74 Å². The Labute approximate surface area is 165 Å². The van der Waals surface area contributed by atoms with Gasteiger partial charge in [0.15, 0.2) is 5.75 Å². The molecule has 0 unspecified atom stereocenters. The minimum absolute atomic E-state index is 0.267. The highest BCUT2D eigenvalue weighted by Gasteiger charge is 2.31. The summed E-state index contributed by atoms with van der Waals surface area (Å²) in [6.07, 6.45) is -1.31. The maximum Gasteiger partial charge on any atom is 0.416 e. The first-order valence-corrected chi connectivity index (χ1v) is 8.86. The Morgan fingerprint density at radius 2 is 1.69 bits per heavy atom. The highest BCUT2D eigenvalue weighted by molar-refractivity contribution is 5.86. The average Bonchev–Trinajstić information content (AvgIpc) is 2.70. The van der Waals surface area contributed by atoms with Gasteiger partial charge in [-0.05, 0) is 61.9 Å². The Morgan fingerprint density at radius 1 is 0.862 bits per heavy atom. The Kier molecular flexibility index (Phi) is 4.66. The van der Waals surface area contributed by atoms with E-state index < -0.39 is 11.7 Å². The molecule has 0 saturated carbocycles. The summed E-state index contributed by atoms with van der Waals surface area (Å²) >= 11 is 0. The van der Waals surface area contributed by atoms with Crippen LogP contribution in [0.4, 0.5) is 13.2 Å². The van der Waals surface area contributed by atoms with Crippen molar-refractivity contribution in [2.75, 3.05) is 0 Å². The molecule has 4 rings (SSSR count). The molecule has 0 aliphatic heterocycles. The topological polar surface area (TPSA) is 47.9 Å². The van der Waals surface area contributed by atoms with Gasteiger partial charge in [0.1, 0.15) is 11.4 Å². The molecule has 4 aromatic rings. The van der Waals surface area contributed by atoms with Gasteiger partial charge in [0.05, 0.1) is 16.8 Å². The van der Waals surface area contributed by atoms with E-state index in [0.717, 1.165) is 23.4 Å². The fraction of sp³-hybridized carbons (Fsp3) is 0.136.